The first-order chi connectivity index (χ1) is 9.16. The van der Waals surface area contributed by atoms with Gasteiger partial charge in [-0.25, -0.2) is 0 Å². The van der Waals surface area contributed by atoms with Gasteiger partial charge in [-0.05, 0) is 31.6 Å². The van der Waals surface area contributed by atoms with Gasteiger partial charge < -0.3 is 4.43 Å². The summed E-state index contributed by atoms with van der Waals surface area (Å²) in [6.07, 6.45) is 6.67. The average molecular weight is 272 g/mol. The number of aromatic nitrogens is 2. The van der Waals surface area contributed by atoms with Crippen LogP contribution in [0.4, 0.5) is 5.69 Å². The molecule has 0 aliphatic carbocycles. The first kappa shape index (κ1) is 13.4. The van der Waals surface area contributed by atoms with Crippen molar-refractivity contribution in [2.45, 2.75) is 20.0 Å². The molecule has 0 aliphatic rings. The molecule has 2 rings (SSSR count). The monoisotopic (exact) mass is 272 g/mol. The van der Waals surface area contributed by atoms with Gasteiger partial charge in [-0.2, -0.15) is 0 Å². The number of aliphatic imine (C=N–C) groups is 1. The lowest BCUT2D eigenvalue weighted by Crippen LogP contribution is -2.12. The maximum absolute atomic E-state index is 5.95. The first-order valence-corrected chi connectivity index (χ1v) is 9.01. The van der Waals surface area contributed by atoms with E-state index >= 15 is 0 Å². The largest absolute Gasteiger partial charge is 1.00 e. The van der Waals surface area contributed by atoms with Gasteiger partial charge in [0.2, 0.25) is 9.04 Å². The highest BCUT2D eigenvalue weighted by Crippen LogP contribution is 2.31. The Hall–Kier alpha value is -2.01. The zero-order valence-electron chi connectivity index (χ0n) is 12.4. The minimum absolute atomic E-state index is 0. The van der Waals surface area contributed by atoms with Crippen molar-refractivity contribution >= 4 is 20.9 Å². The molecule has 0 atom stereocenters. The van der Waals surface area contributed by atoms with E-state index in [1.165, 1.54) is 0 Å². The summed E-state index contributed by atoms with van der Waals surface area (Å²) in [6, 6.07) is 5.97. The summed E-state index contributed by atoms with van der Waals surface area (Å²) < 4.78 is 5.95. The van der Waals surface area contributed by atoms with Gasteiger partial charge >= 0.3 is 1.43 Å². The quantitative estimate of drug-likeness (QED) is 0.635. The fourth-order valence-corrected chi connectivity index (χ4v) is 2.42. The summed E-state index contributed by atoms with van der Waals surface area (Å²) in [7, 11) is -1.15. The van der Waals surface area contributed by atoms with Crippen molar-refractivity contribution in [2.24, 2.45) is 4.99 Å². The number of hydrogen-bond donors (Lipinski definition) is 0. The van der Waals surface area contributed by atoms with E-state index in [1.54, 1.807) is 24.8 Å². The van der Waals surface area contributed by atoms with Crippen molar-refractivity contribution in [3.8, 4) is 5.75 Å². The fourth-order valence-electron chi connectivity index (χ4n) is 1.64. The fraction of sp³-hybridized carbons (Fsp3) is 0.214. The highest BCUT2D eigenvalue weighted by molar-refractivity contribution is 6.49. The lowest BCUT2D eigenvalue weighted by molar-refractivity contribution is 0.577. The van der Waals surface area contributed by atoms with Gasteiger partial charge in [-0.3, -0.25) is 15.0 Å². The highest BCUT2D eigenvalue weighted by Gasteiger charge is 2.08. The summed E-state index contributed by atoms with van der Waals surface area (Å²) in [6.45, 7) is 6.32. The minimum Gasteiger partial charge on any atom is -0.545 e. The summed E-state index contributed by atoms with van der Waals surface area (Å²) >= 11 is 0. The Kier molecular flexibility index (Phi) is 4.41. The molecule has 1 aromatic heterocycles. The minimum atomic E-state index is -1.15. The normalized spacial score (nSPS) is 11.2. The molecule has 5 heteroatoms. The molecule has 0 saturated heterocycles. The van der Waals surface area contributed by atoms with Crippen LogP contribution in [-0.2, 0) is 0 Å². The molecule has 0 amide bonds. The molecule has 19 heavy (non-hydrogen) atoms. The lowest BCUT2D eigenvalue weighted by atomic mass is 10.2. The molecule has 0 radical (unpaired) electrons. The van der Waals surface area contributed by atoms with Gasteiger partial charge in [0.1, 0.15) is 11.4 Å². The van der Waals surface area contributed by atoms with Crippen LogP contribution in [0.2, 0.25) is 13.1 Å². The third-order valence-electron chi connectivity index (χ3n) is 2.46. The van der Waals surface area contributed by atoms with E-state index in [4.69, 9.17) is 4.43 Å². The molecule has 1 heterocycles. The summed E-state index contributed by atoms with van der Waals surface area (Å²) in [5.74, 6) is 0.879. The van der Waals surface area contributed by atoms with Crippen molar-refractivity contribution in [2.75, 3.05) is 0 Å². The van der Waals surface area contributed by atoms with Crippen molar-refractivity contribution < 1.29 is 5.85 Å². The molecular formula is C14H18N3OSi+. The van der Waals surface area contributed by atoms with E-state index in [0.29, 0.717) is 0 Å². The smallest absolute Gasteiger partial charge is 0.545 e. The highest BCUT2D eigenvalue weighted by atomic mass is 28.3. The van der Waals surface area contributed by atoms with Crippen LogP contribution in [0.15, 0.2) is 41.8 Å². The van der Waals surface area contributed by atoms with Crippen LogP contribution in [0.1, 0.15) is 12.7 Å². The van der Waals surface area contributed by atoms with E-state index in [0.717, 1.165) is 22.7 Å². The van der Waals surface area contributed by atoms with Gasteiger partial charge in [0.15, 0.2) is 0 Å². The maximum atomic E-state index is 5.95. The van der Waals surface area contributed by atoms with Gasteiger partial charge in [0.05, 0.1) is 18.1 Å². The SMILES string of the molecule is Cc1cccc(N=Cc2cnccn2)c1O[SiH](C)C.[H+]. The second-order valence-electron chi connectivity index (χ2n) is 4.48. The van der Waals surface area contributed by atoms with Crippen molar-refractivity contribution in [1.29, 1.82) is 0 Å². The van der Waals surface area contributed by atoms with E-state index in [-0.39, 0.29) is 1.43 Å². The predicted molar refractivity (Wildman–Crippen MR) is 81.1 cm³/mol. The molecule has 0 aliphatic heterocycles. The Morgan fingerprint density at radius 2 is 2.16 bits per heavy atom. The van der Waals surface area contributed by atoms with Crippen LogP contribution in [0, 0.1) is 6.92 Å². The Bertz CT molecular complexity index is 576. The van der Waals surface area contributed by atoms with Gasteiger partial charge in [0, 0.05) is 12.4 Å². The van der Waals surface area contributed by atoms with Gasteiger partial charge in [-0.15, -0.1) is 0 Å². The number of hydrogen-bond acceptors (Lipinski definition) is 4. The third-order valence-corrected chi connectivity index (χ3v) is 3.17. The number of benzene rings is 1. The number of nitrogens with zero attached hydrogens (tertiary/aromatic N) is 3. The number of aryl methyl sites for hydroxylation is 1. The van der Waals surface area contributed by atoms with Crippen LogP contribution >= 0.6 is 0 Å². The Morgan fingerprint density at radius 1 is 1.32 bits per heavy atom. The molecule has 98 valence electrons. The van der Waals surface area contributed by atoms with E-state index < -0.39 is 9.04 Å². The van der Waals surface area contributed by atoms with Crippen LogP contribution < -0.4 is 4.43 Å². The van der Waals surface area contributed by atoms with E-state index in [2.05, 4.69) is 28.1 Å². The zero-order chi connectivity index (χ0) is 13.7. The van der Waals surface area contributed by atoms with Crippen LogP contribution in [-0.4, -0.2) is 25.2 Å². The Balaban J connectivity index is 0.00000200. The van der Waals surface area contributed by atoms with Crippen LogP contribution in [0.3, 0.4) is 0 Å². The van der Waals surface area contributed by atoms with E-state index in [1.807, 2.05) is 25.1 Å². The maximum Gasteiger partial charge on any atom is 1.00 e. The summed E-state index contributed by atoms with van der Waals surface area (Å²) in [5.41, 5.74) is 2.68. The van der Waals surface area contributed by atoms with Gasteiger partial charge in [-0.1, -0.05) is 12.1 Å². The Labute approximate surface area is 116 Å². The molecule has 0 bridgehead atoms. The van der Waals surface area contributed by atoms with Gasteiger partial charge in [0.25, 0.3) is 0 Å². The first-order valence-electron chi connectivity index (χ1n) is 6.23. The molecule has 0 saturated carbocycles. The van der Waals surface area contributed by atoms with E-state index in [9.17, 15) is 0 Å². The second kappa shape index (κ2) is 6.24. The summed E-state index contributed by atoms with van der Waals surface area (Å²) in [5, 5.41) is 0. The number of rotatable bonds is 4. The molecular weight excluding hydrogens is 254 g/mol. The van der Waals surface area contributed by atoms with Crippen molar-refractivity contribution in [3.05, 3.63) is 48.0 Å². The zero-order valence-corrected chi connectivity index (χ0v) is 12.5. The van der Waals surface area contributed by atoms with Crippen LogP contribution in [0.5, 0.6) is 5.75 Å². The number of para-hydroxylation sites is 1. The average Bonchev–Trinajstić information content (AvgIpc) is 2.40. The van der Waals surface area contributed by atoms with Crippen molar-refractivity contribution in [1.82, 2.24) is 9.97 Å². The molecule has 0 N–H and O–H groups in total. The van der Waals surface area contributed by atoms with Crippen LogP contribution in [0.25, 0.3) is 0 Å². The molecule has 2 aromatic rings. The molecule has 0 fully saturated rings. The van der Waals surface area contributed by atoms with Crippen molar-refractivity contribution in [3.63, 3.8) is 0 Å². The molecule has 0 spiro atoms. The lowest BCUT2D eigenvalue weighted by Gasteiger charge is -2.14. The molecule has 4 nitrogen and oxygen atoms in total. The molecule has 1 aromatic carbocycles. The topological polar surface area (TPSA) is 47.4 Å². The standard InChI is InChI=1S/C14H17N3OSi/c1-11-5-4-6-13(14(11)18-19(2)3)17-10-12-9-15-7-8-16-12/h4-10,19H,1-3H3/p+1. The summed E-state index contributed by atoms with van der Waals surface area (Å²) in [4.78, 5) is 12.6. The third kappa shape index (κ3) is 3.72. The predicted octanol–water partition coefficient (Wildman–Crippen LogP) is 3.01. The Morgan fingerprint density at radius 3 is 2.84 bits per heavy atom. The second-order valence-corrected chi connectivity index (χ2v) is 6.81. The molecule has 0 unspecified atom stereocenters.